The van der Waals surface area contributed by atoms with E-state index in [1.54, 1.807) is 13.8 Å². The van der Waals surface area contributed by atoms with Gasteiger partial charge in [-0.3, -0.25) is 9.59 Å². The lowest BCUT2D eigenvalue weighted by molar-refractivity contribution is -0.138. The van der Waals surface area contributed by atoms with Crippen LogP contribution in [0.3, 0.4) is 0 Å². The molecule has 0 saturated carbocycles. The van der Waals surface area contributed by atoms with Gasteiger partial charge >= 0.3 is 5.97 Å². The number of carboxylic acids is 1. The average molecular weight is 267 g/mol. The summed E-state index contributed by atoms with van der Waals surface area (Å²) in [5, 5.41) is 10.9. The molecule has 0 heterocycles. The molecule has 98 valence electrons. The molecule has 0 saturated heterocycles. The Balaban J connectivity index is 2.68. The highest BCUT2D eigenvalue weighted by Crippen LogP contribution is 2.32. The number of thioether (sulfide) groups is 1. The summed E-state index contributed by atoms with van der Waals surface area (Å²) in [6, 6.07) is 7.85. The molecule has 0 atom stereocenters. The maximum atomic E-state index is 11.9. The van der Waals surface area contributed by atoms with Crippen molar-refractivity contribution in [2.24, 2.45) is 0 Å². The van der Waals surface area contributed by atoms with Crippen LogP contribution in [-0.2, 0) is 9.59 Å². The Kier molecular flexibility index (Phi) is 4.78. The normalized spacial score (nSPS) is 11.1. The van der Waals surface area contributed by atoms with Crippen LogP contribution in [0.5, 0.6) is 0 Å². The van der Waals surface area contributed by atoms with Crippen molar-refractivity contribution >= 4 is 23.6 Å². The van der Waals surface area contributed by atoms with Crippen LogP contribution >= 0.6 is 11.8 Å². The topological polar surface area (TPSA) is 66.4 Å². The van der Waals surface area contributed by atoms with Crippen LogP contribution in [0.15, 0.2) is 29.2 Å². The molecule has 1 aromatic rings. The number of aryl methyl sites for hydroxylation is 1. The van der Waals surface area contributed by atoms with Gasteiger partial charge in [-0.25, -0.2) is 0 Å². The van der Waals surface area contributed by atoms with Gasteiger partial charge in [0.2, 0.25) is 5.91 Å². The molecule has 0 bridgehead atoms. The third-order valence-electron chi connectivity index (χ3n) is 2.31. The molecule has 0 unspecified atom stereocenters. The molecule has 0 aromatic heterocycles. The summed E-state index contributed by atoms with van der Waals surface area (Å²) in [6.45, 7) is 5.19. The van der Waals surface area contributed by atoms with Crippen molar-refractivity contribution < 1.29 is 14.7 Å². The van der Waals surface area contributed by atoms with Crippen LogP contribution in [-0.4, -0.2) is 28.3 Å². The van der Waals surface area contributed by atoms with E-state index in [2.05, 4.69) is 5.32 Å². The van der Waals surface area contributed by atoms with Gasteiger partial charge in [0.05, 0.1) is 4.75 Å². The molecule has 5 heteroatoms. The summed E-state index contributed by atoms with van der Waals surface area (Å²) in [5.74, 6) is -1.32. The Hall–Kier alpha value is -1.49. The number of nitrogens with one attached hydrogen (secondary N) is 1. The van der Waals surface area contributed by atoms with Crippen molar-refractivity contribution in [2.75, 3.05) is 6.54 Å². The zero-order valence-corrected chi connectivity index (χ0v) is 11.5. The monoisotopic (exact) mass is 267 g/mol. The summed E-state index contributed by atoms with van der Waals surface area (Å²) in [4.78, 5) is 23.3. The lowest BCUT2D eigenvalue weighted by atomic mass is 10.2. The van der Waals surface area contributed by atoms with E-state index >= 15 is 0 Å². The van der Waals surface area contributed by atoms with Crippen LogP contribution in [0.25, 0.3) is 0 Å². The van der Waals surface area contributed by atoms with Crippen LogP contribution in [0, 0.1) is 6.92 Å². The minimum Gasteiger partial charge on any atom is -0.480 e. The smallest absolute Gasteiger partial charge is 0.322 e. The Morgan fingerprint density at radius 3 is 2.61 bits per heavy atom. The largest absolute Gasteiger partial charge is 0.480 e. The van der Waals surface area contributed by atoms with E-state index in [1.807, 2.05) is 31.2 Å². The third kappa shape index (κ3) is 4.41. The highest BCUT2D eigenvalue weighted by molar-refractivity contribution is 8.01. The molecule has 0 fully saturated rings. The maximum Gasteiger partial charge on any atom is 0.322 e. The molecule has 1 aromatic carbocycles. The van der Waals surface area contributed by atoms with Crippen molar-refractivity contribution in [1.82, 2.24) is 5.32 Å². The highest BCUT2D eigenvalue weighted by atomic mass is 32.2. The molecule has 0 aliphatic heterocycles. The SMILES string of the molecule is Cc1cccc(SC(C)(C)C(=O)NCC(=O)O)c1. The molecular formula is C13H17NO3S. The number of amides is 1. The fraction of sp³-hybridized carbons (Fsp3) is 0.385. The van der Waals surface area contributed by atoms with E-state index in [0.29, 0.717) is 0 Å². The van der Waals surface area contributed by atoms with Gasteiger partial charge < -0.3 is 10.4 Å². The molecule has 1 rings (SSSR count). The first-order valence-corrected chi connectivity index (χ1v) is 6.39. The van der Waals surface area contributed by atoms with Gasteiger partial charge in [0.25, 0.3) is 0 Å². The van der Waals surface area contributed by atoms with Crippen LogP contribution in [0.4, 0.5) is 0 Å². The summed E-state index contributed by atoms with van der Waals surface area (Å²) in [7, 11) is 0. The van der Waals surface area contributed by atoms with Gasteiger partial charge in [-0.15, -0.1) is 11.8 Å². The molecule has 0 aliphatic carbocycles. The summed E-state index contributed by atoms with van der Waals surface area (Å²) >= 11 is 1.41. The summed E-state index contributed by atoms with van der Waals surface area (Å²) in [5.41, 5.74) is 1.13. The Labute approximate surface area is 111 Å². The van der Waals surface area contributed by atoms with Crippen LogP contribution in [0.1, 0.15) is 19.4 Å². The number of benzene rings is 1. The molecule has 2 N–H and O–H groups in total. The average Bonchev–Trinajstić information content (AvgIpc) is 2.25. The number of hydrogen-bond donors (Lipinski definition) is 2. The summed E-state index contributed by atoms with van der Waals surface area (Å²) in [6.07, 6.45) is 0. The molecule has 1 amide bonds. The Morgan fingerprint density at radius 1 is 1.39 bits per heavy atom. The predicted octanol–water partition coefficient (Wildman–Crippen LogP) is 2.07. The molecular weight excluding hydrogens is 250 g/mol. The van der Waals surface area contributed by atoms with E-state index in [1.165, 1.54) is 11.8 Å². The second kappa shape index (κ2) is 5.91. The van der Waals surface area contributed by atoms with Gasteiger partial charge in [0.1, 0.15) is 6.54 Å². The van der Waals surface area contributed by atoms with Crippen molar-refractivity contribution in [3.05, 3.63) is 29.8 Å². The molecule has 18 heavy (non-hydrogen) atoms. The van der Waals surface area contributed by atoms with E-state index < -0.39 is 10.7 Å². The van der Waals surface area contributed by atoms with E-state index in [4.69, 9.17) is 5.11 Å². The lowest BCUT2D eigenvalue weighted by Gasteiger charge is -2.22. The minimum atomic E-state index is -1.04. The van der Waals surface area contributed by atoms with E-state index in [-0.39, 0.29) is 12.5 Å². The minimum absolute atomic E-state index is 0.281. The zero-order valence-electron chi connectivity index (χ0n) is 10.7. The summed E-state index contributed by atoms with van der Waals surface area (Å²) < 4.78 is -0.705. The number of carboxylic acid groups (broad SMARTS) is 1. The zero-order chi connectivity index (χ0) is 13.8. The first-order valence-electron chi connectivity index (χ1n) is 5.57. The fourth-order valence-electron chi connectivity index (χ4n) is 1.39. The molecule has 0 spiro atoms. The molecule has 0 radical (unpaired) electrons. The quantitative estimate of drug-likeness (QED) is 0.801. The van der Waals surface area contributed by atoms with Crippen molar-refractivity contribution in [3.63, 3.8) is 0 Å². The Bertz CT molecular complexity index is 457. The second-order valence-corrected chi connectivity index (χ2v) is 6.20. The van der Waals surface area contributed by atoms with Gasteiger partial charge in [-0.2, -0.15) is 0 Å². The first-order chi connectivity index (χ1) is 8.31. The van der Waals surface area contributed by atoms with Gasteiger partial charge in [0, 0.05) is 4.90 Å². The second-order valence-electron chi connectivity index (χ2n) is 4.51. The van der Waals surface area contributed by atoms with Crippen molar-refractivity contribution in [3.8, 4) is 0 Å². The van der Waals surface area contributed by atoms with Crippen LogP contribution in [0.2, 0.25) is 0 Å². The van der Waals surface area contributed by atoms with Gasteiger partial charge in [-0.05, 0) is 32.9 Å². The highest BCUT2D eigenvalue weighted by Gasteiger charge is 2.29. The number of aliphatic carboxylic acids is 1. The number of carbonyl (C=O) groups is 2. The van der Waals surface area contributed by atoms with E-state index in [9.17, 15) is 9.59 Å². The number of hydrogen-bond acceptors (Lipinski definition) is 3. The number of rotatable bonds is 5. The standard InChI is InChI=1S/C13H17NO3S/c1-9-5-4-6-10(7-9)18-13(2,3)12(17)14-8-11(15)16/h4-7H,8H2,1-3H3,(H,14,17)(H,15,16). The van der Waals surface area contributed by atoms with Crippen molar-refractivity contribution in [1.29, 1.82) is 0 Å². The first kappa shape index (κ1) is 14.6. The molecule has 0 aliphatic rings. The van der Waals surface area contributed by atoms with Crippen LogP contribution < -0.4 is 5.32 Å². The Morgan fingerprint density at radius 2 is 2.06 bits per heavy atom. The fourth-order valence-corrected chi connectivity index (χ4v) is 2.53. The third-order valence-corrected chi connectivity index (χ3v) is 3.49. The van der Waals surface area contributed by atoms with Gasteiger partial charge in [-0.1, -0.05) is 17.7 Å². The van der Waals surface area contributed by atoms with Gasteiger partial charge in [0.15, 0.2) is 0 Å². The number of carbonyl (C=O) groups excluding carboxylic acids is 1. The lowest BCUT2D eigenvalue weighted by Crippen LogP contribution is -2.41. The molecule has 4 nitrogen and oxygen atoms in total. The van der Waals surface area contributed by atoms with Crippen molar-refractivity contribution in [2.45, 2.75) is 30.4 Å². The predicted molar refractivity (Wildman–Crippen MR) is 71.8 cm³/mol. The van der Waals surface area contributed by atoms with E-state index in [0.717, 1.165) is 10.5 Å². The maximum absolute atomic E-state index is 11.9.